The second-order valence-electron chi connectivity index (χ2n) is 1.65. The number of aliphatic imine (C=N–C) groups is 1. The first-order valence-electron chi connectivity index (χ1n) is 2.78. The van der Waals surface area contributed by atoms with E-state index in [0.717, 1.165) is 0 Å². The van der Waals surface area contributed by atoms with E-state index in [0.29, 0.717) is 0 Å². The van der Waals surface area contributed by atoms with Gasteiger partial charge in [0.15, 0.2) is 0 Å². The molecule has 0 spiro atoms. The molecule has 0 atom stereocenters. The number of hydrogen-bond acceptors (Lipinski definition) is 2. The second-order valence-corrected chi connectivity index (χ2v) is 2.60. The molecule has 0 saturated carbocycles. The van der Waals surface area contributed by atoms with Crippen LogP contribution in [-0.4, -0.2) is 11.3 Å². The van der Waals surface area contributed by atoms with Gasteiger partial charge in [0.05, 0.1) is 5.55 Å². The summed E-state index contributed by atoms with van der Waals surface area (Å²) >= 11 is 1.79. The molecule has 0 radical (unpaired) electrons. The zero-order chi connectivity index (χ0) is 5.66. The van der Waals surface area contributed by atoms with Crippen molar-refractivity contribution in [2.75, 3.05) is 5.75 Å². The SMILES string of the molecule is C1=CN=CSCCC1. The third kappa shape index (κ3) is 2.17. The van der Waals surface area contributed by atoms with Crippen LogP contribution in [0.1, 0.15) is 12.8 Å². The summed E-state index contributed by atoms with van der Waals surface area (Å²) in [5, 5.41) is 0. The van der Waals surface area contributed by atoms with Crippen molar-refractivity contribution in [1.82, 2.24) is 0 Å². The highest BCUT2D eigenvalue weighted by Crippen LogP contribution is 2.04. The molecule has 0 N–H and O–H groups in total. The van der Waals surface area contributed by atoms with Crippen molar-refractivity contribution in [3.05, 3.63) is 12.3 Å². The van der Waals surface area contributed by atoms with E-state index in [1.807, 2.05) is 11.7 Å². The first-order chi connectivity index (χ1) is 4.00. The highest BCUT2D eigenvalue weighted by atomic mass is 32.2. The van der Waals surface area contributed by atoms with Gasteiger partial charge in [-0.3, -0.25) is 4.99 Å². The van der Waals surface area contributed by atoms with Gasteiger partial charge in [-0.25, -0.2) is 0 Å². The van der Waals surface area contributed by atoms with E-state index in [4.69, 9.17) is 0 Å². The average Bonchev–Trinajstić information content (AvgIpc) is 1.62. The van der Waals surface area contributed by atoms with Crippen molar-refractivity contribution >= 4 is 17.3 Å². The predicted molar refractivity (Wildman–Crippen MR) is 39.3 cm³/mol. The molecular formula is C6H9NS. The van der Waals surface area contributed by atoms with Gasteiger partial charge in [-0.05, 0) is 18.6 Å². The largest absolute Gasteiger partial charge is 0.258 e. The summed E-state index contributed by atoms with van der Waals surface area (Å²) in [6, 6.07) is 0. The predicted octanol–water partition coefficient (Wildman–Crippen LogP) is 2.06. The van der Waals surface area contributed by atoms with Crippen LogP contribution < -0.4 is 0 Å². The van der Waals surface area contributed by atoms with Crippen LogP contribution in [0.5, 0.6) is 0 Å². The molecule has 2 heteroatoms. The molecule has 1 aliphatic heterocycles. The van der Waals surface area contributed by atoms with E-state index in [-0.39, 0.29) is 0 Å². The normalized spacial score (nSPS) is 20.0. The van der Waals surface area contributed by atoms with Crippen LogP contribution in [0.15, 0.2) is 17.3 Å². The van der Waals surface area contributed by atoms with E-state index in [1.54, 1.807) is 11.8 Å². The fourth-order valence-corrected chi connectivity index (χ4v) is 1.15. The molecule has 0 fully saturated rings. The Balaban J connectivity index is 2.33. The van der Waals surface area contributed by atoms with Gasteiger partial charge < -0.3 is 0 Å². The molecule has 1 rings (SSSR count). The van der Waals surface area contributed by atoms with Gasteiger partial charge in [-0.1, -0.05) is 6.08 Å². The molecule has 0 aromatic carbocycles. The molecule has 44 valence electrons. The van der Waals surface area contributed by atoms with Crippen LogP contribution in [-0.2, 0) is 0 Å². The first-order valence-corrected chi connectivity index (χ1v) is 3.83. The number of nitrogens with zero attached hydrogens (tertiary/aromatic N) is 1. The highest BCUT2D eigenvalue weighted by Gasteiger charge is 1.85. The van der Waals surface area contributed by atoms with Crippen molar-refractivity contribution in [2.45, 2.75) is 12.8 Å². The van der Waals surface area contributed by atoms with Gasteiger partial charge in [0, 0.05) is 6.20 Å². The van der Waals surface area contributed by atoms with Crippen molar-refractivity contribution < 1.29 is 0 Å². The monoisotopic (exact) mass is 127 g/mol. The fourth-order valence-electron chi connectivity index (χ4n) is 0.551. The number of hydrogen-bond donors (Lipinski definition) is 0. The lowest BCUT2D eigenvalue weighted by atomic mass is 10.3. The van der Waals surface area contributed by atoms with Gasteiger partial charge >= 0.3 is 0 Å². The first kappa shape index (κ1) is 5.89. The molecule has 0 amide bonds. The Hall–Kier alpha value is -0.240. The summed E-state index contributed by atoms with van der Waals surface area (Å²) in [5.41, 5.74) is 1.90. The van der Waals surface area contributed by atoms with Crippen molar-refractivity contribution in [3.8, 4) is 0 Å². The third-order valence-corrected chi connectivity index (χ3v) is 1.76. The molecule has 8 heavy (non-hydrogen) atoms. The zero-order valence-corrected chi connectivity index (χ0v) is 5.53. The number of rotatable bonds is 0. The molecule has 0 unspecified atom stereocenters. The average molecular weight is 127 g/mol. The zero-order valence-electron chi connectivity index (χ0n) is 4.71. The van der Waals surface area contributed by atoms with E-state index >= 15 is 0 Å². The lowest BCUT2D eigenvalue weighted by Crippen LogP contribution is -1.79. The van der Waals surface area contributed by atoms with Gasteiger partial charge in [-0.2, -0.15) is 0 Å². The number of allylic oxidation sites excluding steroid dienone is 1. The van der Waals surface area contributed by atoms with Crippen LogP contribution in [0.4, 0.5) is 0 Å². The number of thioether (sulfide) groups is 1. The molecule has 0 aliphatic carbocycles. The lowest BCUT2D eigenvalue weighted by molar-refractivity contribution is 0.970. The minimum atomic E-state index is 1.18. The summed E-state index contributed by atoms with van der Waals surface area (Å²) in [4.78, 5) is 3.99. The fraction of sp³-hybridized carbons (Fsp3) is 0.500. The molecular weight excluding hydrogens is 118 g/mol. The Bertz CT molecular complexity index is 93.1. The van der Waals surface area contributed by atoms with E-state index in [9.17, 15) is 0 Å². The van der Waals surface area contributed by atoms with Crippen LogP contribution in [0.3, 0.4) is 0 Å². The van der Waals surface area contributed by atoms with Crippen molar-refractivity contribution in [1.29, 1.82) is 0 Å². The topological polar surface area (TPSA) is 12.4 Å². The maximum absolute atomic E-state index is 3.99. The van der Waals surface area contributed by atoms with E-state index in [2.05, 4.69) is 11.1 Å². The van der Waals surface area contributed by atoms with Crippen molar-refractivity contribution in [2.24, 2.45) is 4.99 Å². The Morgan fingerprint density at radius 3 is 3.50 bits per heavy atom. The van der Waals surface area contributed by atoms with Gasteiger partial charge in [-0.15, -0.1) is 11.8 Å². The minimum Gasteiger partial charge on any atom is -0.258 e. The van der Waals surface area contributed by atoms with Gasteiger partial charge in [0.2, 0.25) is 0 Å². The Morgan fingerprint density at radius 1 is 1.50 bits per heavy atom. The van der Waals surface area contributed by atoms with Crippen LogP contribution in [0.2, 0.25) is 0 Å². The highest BCUT2D eigenvalue weighted by molar-refractivity contribution is 8.12. The minimum absolute atomic E-state index is 1.18. The van der Waals surface area contributed by atoms with Crippen LogP contribution in [0.25, 0.3) is 0 Å². The Labute approximate surface area is 53.9 Å². The standard InChI is InChI=1S/C6H9NS/c1-2-4-7-6-8-5-3-1/h2,4,6H,1,3,5H2. The summed E-state index contributed by atoms with van der Waals surface area (Å²) in [5.74, 6) is 1.22. The molecule has 0 aromatic heterocycles. The summed E-state index contributed by atoms with van der Waals surface area (Å²) in [6.07, 6.45) is 6.44. The van der Waals surface area contributed by atoms with Crippen LogP contribution >= 0.6 is 11.8 Å². The maximum atomic E-state index is 3.99. The molecule has 1 heterocycles. The third-order valence-electron chi connectivity index (χ3n) is 0.960. The van der Waals surface area contributed by atoms with Gasteiger partial charge in [0.25, 0.3) is 0 Å². The van der Waals surface area contributed by atoms with Gasteiger partial charge in [0.1, 0.15) is 0 Å². The summed E-state index contributed by atoms with van der Waals surface area (Å²) in [7, 11) is 0. The molecule has 1 nitrogen and oxygen atoms in total. The van der Waals surface area contributed by atoms with Crippen LogP contribution in [0, 0.1) is 0 Å². The Morgan fingerprint density at radius 2 is 2.50 bits per heavy atom. The maximum Gasteiger partial charge on any atom is 0.0596 e. The lowest BCUT2D eigenvalue weighted by Gasteiger charge is -1.93. The van der Waals surface area contributed by atoms with Crippen molar-refractivity contribution in [3.63, 3.8) is 0 Å². The van der Waals surface area contributed by atoms with E-state index in [1.165, 1.54) is 18.6 Å². The molecule has 0 aromatic rings. The Kier molecular flexibility index (Phi) is 2.74. The van der Waals surface area contributed by atoms with E-state index < -0.39 is 0 Å². The summed E-state index contributed by atoms with van der Waals surface area (Å²) < 4.78 is 0. The molecule has 1 aliphatic rings. The quantitative estimate of drug-likeness (QED) is 0.485. The molecule has 0 saturated heterocycles. The summed E-state index contributed by atoms with van der Waals surface area (Å²) in [6.45, 7) is 0. The molecule has 0 bridgehead atoms. The smallest absolute Gasteiger partial charge is 0.0596 e. The second kappa shape index (κ2) is 3.72.